The van der Waals surface area contributed by atoms with E-state index in [0.717, 1.165) is 11.1 Å². The number of amides is 1. The smallest absolute Gasteiger partial charge is 0.410 e. The number of halogens is 3. The number of nitrogens with zero attached hydrogens (tertiary/aromatic N) is 2. The van der Waals surface area contributed by atoms with Gasteiger partial charge in [0, 0.05) is 32.6 Å². The molecule has 0 bridgehead atoms. The number of hydrogen-bond donors (Lipinski definition) is 0. The predicted molar refractivity (Wildman–Crippen MR) is 102 cm³/mol. The van der Waals surface area contributed by atoms with Gasteiger partial charge >= 0.3 is 12.3 Å². The minimum absolute atomic E-state index is 0.270. The number of benzene rings is 2. The van der Waals surface area contributed by atoms with Gasteiger partial charge in [-0.05, 0) is 16.7 Å². The van der Waals surface area contributed by atoms with Crippen molar-refractivity contribution in [2.45, 2.75) is 31.1 Å². The van der Waals surface area contributed by atoms with Crippen molar-refractivity contribution in [2.75, 3.05) is 26.2 Å². The first-order valence-corrected chi connectivity index (χ1v) is 9.68. The lowest BCUT2D eigenvalue weighted by Crippen LogP contribution is -2.62. The number of cyclic esters (lactones) is 1. The van der Waals surface area contributed by atoms with E-state index in [-0.39, 0.29) is 11.7 Å². The number of hydrogen-bond acceptors (Lipinski definition) is 3. The fourth-order valence-corrected chi connectivity index (χ4v) is 4.38. The van der Waals surface area contributed by atoms with Crippen LogP contribution in [0.4, 0.5) is 18.0 Å². The number of ether oxygens (including phenoxy) is 1. The molecule has 4 rings (SSSR count). The van der Waals surface area contributed by atoms with E-state index < -0.39 is 18.1 Å². The first kappa shape index (κ1) is 19.8. The van der Waals surface area contributed by atoms with Gasteiger partial charge in [0.2, 0.25) is 0 Å². The van der Waals surface area contributed by atoms with Crippen molar-refractivity contribution in [1.82, 2.24) is 9.80 Å². The summed E-state index contributed by atoms with van der Waals surface area (Å²) in [5.41, 5.74) is 1.80. The molecule has 29 heavy (non-hydrogen) atoms. The van der Waals surface area contributed by atoms with Crippen LogP contribution in [-0.4, -0.2) is 53.8 Å². The summed E-state index contributed by atoms with van der Waals surface area (Å²) in [7, 11) is 0. The molecule has 2 heterocycles. The maximum absolute atomic E-state index is 12.7. The van der Waals surface area contributed by atoms with Crippen LogP contribution in [0, 0.1) is 0 Å². The largest absolute Gasteiger partial charge is 0.447 e. The lowest BCUT2D eigenvalue weighted by molar-refractivity contribution is -0.127. The number of carbonyl (C=O) groups excluding carboxylic acids is 1. The molecule has 2 aliphatic rings. The van der Waals surface area contributed by atoms with Crippen LogP contribution in [0.1, 0.15) is 16.7 Å². The Morgan fingerprint density at radius 2 is 1.69 bits per heavy atom. The summed E-state index contributed by atoms with van der Waals surface area (Å²) in [6.45, 7) is 2.70. The second-order valence-corrected chi connectivity index (χ2v) is 7.92. The number of alkyl halides is 3. The monoisotopic (exact) mass is 404 g/mol. The number of carbonyl (C=O) groups is 1. The molecule has 4 nitrogen and oxygen atoms in total. The third kappa shape index (κ3) is 4.56. The summed E-state index contributed by atoms with van der Waals surface area (Å²) in [5, 5.41) is 0. The van der Waals surface area contributed by atoms with Crippen molar-refractivity contribution in [1.29, 1.82) is 0 Å². The van der Waals surface area contributed by atoms with Crippen LogP contribution < -0.4 is 0 Å². The van der Waals surface area contributed by atoms with E-state index in [2.05, 4.69) is 4.90 Å². The molecule has 0 radical (unpaired) electrons. The molecule has 0 N–H and O–H groups in total. The van der Waals surface area contributed by atoms with Crippen LogP contribution >= 0.6 is 0 Å². The second-order valence-electron chi connectivity index (χ2n) is 7.92. The first-order chi connectivity index (χ1) is 13.8. The zero-order valence-electron chi connectivity index (χ0n) is 16.0. The third-order valence-corrected chi connectivity index (χ3v) is 5.59. The Labute approximate surface area is 167 Å². The van der Waals surface area contributed by atoms with Gasteiger partial charge in [-0.3, -0.25) is 9.80 Å². The molecule has 7 heteroatoms. The Morgan fingerprint density at radius 3 is 2.45 bits per heavy atom. The van der Waals surface area contributed by atoms with E-state index in [1.807, 2.05) is 41.3 Å². The SMILES string of the molecule is O=C1OCC2(Cc3ccccc3)CN(Cc3cccc(CC(F)(F)F)c3)CCN12. The van der Waals surface area contributed by atoms with Crippen LogP contribution in [-0.2, 0) is 24.1 Å². The molecular formula is C22H23F3N2O2. The number of fused-ring (bicyclic) bond motifs is 1. The fraction of sp³-hybridized carbons (Fsp3) is 0.409. The molecule has 2 fully saturated rings. The molecule has 0 saturated carbocycles. The molecule has 2 aromatic rings. The summed E-state index contributed by atoms with van der Waals surface area (Å²) in [5.74, 6) is 0. The topological polar surface area (TPSA) is 32.8 Å². The summed E-state index contributed by atoms with van der Waals surface area (Å²) in [4.78, 5) is 16.2. The highest BCUT2D eigenvalue weighted by Gasteiger charge is 2.50. The molecular weight excluding hydrogens is 381 g/mol. The maximum atomic E-state index is 12.7. The third-order valence-electron chi connectivity index (χ3n) is 5.59. The molecule has 154 valence electrons. The lowest BCUT2D eigenvalue weighted by Gasteiger charge is -2.45. The Bertz CT molecular complexity index is 872. The number of piperazine rings is 1. The van der Waals surface area contributed by atoms with Crippen molar-refractivity contribution in [3.05, 3.63) is 71.3 Å². The predicted octanol–water partition coefficient (Wildman–Crippen LogP) is 4.04. The minimum atomic E-state index is -4.22. The molecule has 2 aromatic carbocycles. The van der Waals surface area contributed by atoms with Crippen LogP contribution in [0.3, 0.4) is 0 Å². The van der Waals surface area contributed by atoms with Crippen molar-refractivity contribution in [2.24, 2.45) is 0 Å². The van der Waals surface area contributed by atoms with Crippen LogP contribution in [0.2, 0.25) is 0 Å². The van der Waals surface area contributed by atoms with E-state index in [1.165, 1.54) is 6.07 Å². The van der Waals surface area contributed by atoms with Gasteiger partial charge in [0.15, 0.2) is 0 Å². The summed E-state index contributed by atoms with van der Waals surface area (Å²) in [6, 6.07) is 16.6. The van der Waals surface area contributed by atoms with Gasteiger partial charge in [-0.2, -0.15) is 13.2 Å². The molecule has 0 aromatic heterocycles. The molecule has 1 unspecified atom stereocenters. The van der Waals surface area contributed by atoms with E-state index in [4.69, 9.17) is 4.74 Å². The Kier molecular flexibility index (Phi) is 5.25. The Hall–Kier alpha value is -2.54. The first-order valence-electron chi connectivity index (χ1n) is 9.68. The fourth-order valence-electron chi connectivity index (χ4n) is 4.38. The molecule has 2 saturated heterocycles. The Morgan fingerprint density at radius 1 is 0.966 bits per heavy atom. The van der Waals surface area contributed by atoms with Crippen molar-refractivity contribution in [3.63, 3.8) is 0 Å². The standard InChI is InChI=1S/C22H23F3N2O2/c23-22(24,25)13-18-7-4-8-19(11-18)14-26-9-10-27-20(28)29-16-21(27,15-26)12-17-5-2-1-3-6-17/h1-8,11H,9-10,12-16H2. The molecule has 1 amide bonds. The molecule has 0 aliphatic carbocycles. The molecule has 0 spiro atoms. The van der Waals surface area contributed by atoms with E-state index in [0.29, 0.717) is 39.2 Å². The highest BCUT2D eigenvalue weighted by molar-refractivity contribution is 5.71. The lowest BCUT2D eigenvalue weighted by atomic mass is 9.88. The zero-order chi connectivity index (χ0) is 20.5. The summed E-state index contributed by atoms with van der Waals surface area (Å²) in [6.07, 6.45) is -4.74. The highest BCUT2D eigenvalue weighted by Crippen LogP contribution is 2.33. The van der Waals surface area contributed by atoms with Gasteiger partial charge in [0.25, 0.3) is 0 Å². The normalized spacial score (nSPS) is 22.4. The molecule has 2 aliphatic heterocycles. The zero-order valence-corrected chi connectivity index (χ0v) is 16.0. The Balaban J connectivity index is 1.50. The van der Waals surface area contributed by atoms with Gasteiger partial charge in [-0.15, -0.1) is 0 Å². The van der Waals surface area contributed by atoms with Crippen LogP contribution in [0.25, 0.3) is 0 Å². The summed E-state index contributed by atoms with van der Waals surface area (Å²) >= 11 is 0. The van der Waals surface area contributed by atoms with Crippen molar-refractivity contribution in [3.8, 4) is 0 Å². The quantitative estimate of drug-likeness (QED) is 0.754. The average Bonchev–Trinajstić information content (AvgIpc) is 2.97. The highest BCUT2D eigenvalue weighted by atomic mass is 19.4. The maximum Gasteiger partial charge on any atom is 0.410 e. The van der Waals surface area contributed by atoms with Gasteiger partial charge in [-0.25, -0.2) is 4.79 Å². The van der Waals surface area contributed by atoms with Gasteiger partial charge in [0.1, 0.15) is 6.61 Å². The summed E-state index contributed by atoms with van der Waals surface area (Å²) < 4.78 is 43.5. The molecule has 1 atom stereocenters. The average molecular weight is 404 g/mol. The van der Waals surface area contributed by atoms with Crippen molar-refractivity contribution < 1.29 is 22.7 Å². The van der Waals surface area contributed by atoms with E-state index in [1.54, 1.807) is 12.1 Å². The van der Waals surface area contributed by atoms with Gasteiger partial charge < -0.3 is 4.74 Å². The minimum Gasteiger partial charge on any atom is -0.447 e. The van der Waals surface area contributed by atoms with E-state index >= 15 is 0 Å². The van der Waals surface area contributed by atoms with Crippen LogP contribution in [0.15, 0.2) is 54.6 Å². The van der Waals surface area contributed by atoms with Crippen LogP contribution in [0.5, 0.6) is 0 Å². The van der Waals surface area contributed by atoms with Gasteiger partial charge in [0.05, 0.1) is 12.0 Å². The van der Waals surface area contributed by atoms with E-state index in [9.17, 15) is 18.0 Å². The second kappa shape index (κ2) is 7.71. The number of rotatable bonds is 5. The van der Waals surface area contributed by atoms with Gasteiger partial charge in [-0.1, -0.05) is 54.6 Å². The van der Waals surface area contributed by atoms with Crippen molar-refractivity contribution >= 4 is 6.09 Å².